The second kappa shape index (κ2) is 5.36. The molecular formula is C17H19N5O2. The number of H-pyrrole nitrogens is 1. The topological polar surface area (TPSA) is 75.9 Å². The number of imidazole rings is 1. The fourth-order valence-electron chi connectivity index (χ4n) is 3.45. The van der Waals surface area contributed by atoms with E-state index in [0.717, 1.165) is 40.8 Å². The molecule has 0 radical (unpaired) electrons. The SMILES string of the molecule is Cn1c(N2CCCC2c2nc3ccccc3[nH]2)cc(=O)n(C)c1=O. The molecule has 1 fully saturated rings. The molecule has 1 N–H and O–H groups in total. The number of aromatic nitrogens is 4. The number of rotatable bonds is 2. The van der Waals surface area contributed by atoms with E-state index < -0.39 is 0 Å². The van der Waals surface area contributed by atoms with E-state index in [4.69, 9.17) is 4.98 Å². The van der Waals surface area contributed by atoms with Crippen molar-refractivity contribution >= 4 is 16.9 Å². The molecule has 0 saturated carbocycles. The van der Waals surface area contributed by atoms with Gasteiger partial charge in [-0.3, -0.25) is 13.9 Å². The largest absolute Gasteiger partial charge is 0.348 e. The Morgan fingerprint density at radius 2 is 1.96 bits per heavy atom. The van der Waals surface area contributed by atoms with Crippen LogP contribution in [0.4, 0.5) is 5.82 Å². The summed E-state index contributed by atoms with van der Waals surface area (Å²) in [5, 5.41) is 0. The lowest BCUT2D eigenvalue weighted by Crippen LogP contribution is -2.40. The van der Waals surface area contributed by atoms with Crippen LogP contribution >= 0.6 is 0 Å². The van der Waals surface area contributed by atoms with Gasteiger partial charge in [-0.05, 0) is 25.0 Å². The summed E-state index contributed by atoms with van der Waals surface area (Å²) in [4.78, 5) is 34.4. The number of aromatic amines is 1. The van der Waals surface area contributed by atoms with Gasteiger partial charge >= 0.3 is 5.69 Å². The maximum Gasteiger partial charge on any atom is 0.332 e. The van der Waals surface area contributed by atoms with Crippen LogP contribution in [-0.4, -0.2) is 25.6 Å². The van der Waals surface area contributed by atoms with Gasteiger partial charge in [0.1, 0.15) is 11.6 Å². The van der Waals surface area contributed by atoms with E-state index >= 15 is 0 Å². The van der Waals surface area contributed by atoms with Gasteiger partial charge < -0.3 is 9.88 Å². The zero-order valence-corrected chi connectivity index (χ0v) is 13.7. The molecule has 7 heteroatoms. The van der Waals surface area contributed by atoms with Crippen molar-refractivity contribution in [2.75, 3.05) is 11.4 Å². The highest BCUT2D eigenvalue weighted by Gasteiger charge is 2.30. The highest BCUT2D eigenvalue weighted by Crippen LogP contribution is 2.34. The lowest BCUT2D eigenvalue weighted by molar-refractivity contribution is 0.626. The fourth-order valence-corrected chi connectivity index (χ4v) is 3.45. The molecule has 3 aromatic rings. The Balaban J connectivity index is 1.81. The van der Waals surface area contributed by atoms with Crippen LogP contribution in [0.2, 0.25) is 0 Å². The Hall–Kier alpha value is -2.83. The van der Waals surface area contributed by atoms with Crippen molar-refractivity contribution in [3.63, 3.8) is 0 Å². The Labute approximate surface area is 138 Å². The van der Waals surface area contributed by atoms with Crippen LogP contribution < -0.4 is 16.1 Å². The zero-order valence-electron chi connectivity index (χ0n) is 13.7. The third-order valence-corrected chi connectivity index (χ3v) is 4.77. The Morgan fingerprint density at radius 1 is 1.17 bits per heavy atom. The molecule has 1 saturated heterocycles. The van der Waals surface area contributed by atoms with Gasteiger partial charge in [0, 0.05) is 26.7 Å². The summed E-state index contributed by atoms with van der Waals surface area (Å²) in [5.41, 5.74) is 1.32. The molecule has 3 heterocycles. The maximum atomic E-state index is 12.2. The van der Waals surface area contributed by atoms with Gasteiger partial charge in [-0.15, -0.1) is 0 Å². The molecule has 0 amide bonds. The molecular weight excluding hydrogens is 306 g/mol. The molecule has 124 valence electrons. The number of hydrogen-bond acceptors (Lipinski definition) is 4. The van der Waals surface area contributed by atoms with Gasteiger partial charge in [0.2, 0.25) is 0 Å². The third-order valence-electron chi connectivity index (χ3n) is 4.77. The van der Waals surface area contributed by atoms with E-state index in [1.54, 1.807) is 7.05 Å². The summed E-state index contributed by atoms with van der Waals surface area (Å²) in [5.74, 6) is 1.52. The molecule has 1 aliphatic rings. The standard InChI is InChI=1S/C17H19N5O2/c1-20-14(10-15(23)21(2)17(20)24)22-9-5-8-13(22)16-18-11-6-3-4-7-12(11)19-16/h3-4,6-7,10,13H,5,8-9H2,1-2H3,(H,18,19). The molecule has 0 aliphatic carbocycles. The number of fused-ring (bicyclic) bond motifs is 1. The van der Waals surface area contributed by atoms with Gasteiger partial charge in [-0.2, -0.15) is 0 Å². The summed E-state index contributed by atoms with van der Waals surface area (Å²) in [6.07, 6.45) is 1.92. The summed E-state index contributed by atoms with van der Waals surface area (Å²) >= 11 is 0. The lowest BCUT2D eigenvalue weighted by Gasteiger charge is -2.27. The van der Waals surface area contributed by atoms with Gasteiger partial charge in [0.15, 0.2) is 0 Å². The number of benzene rings is 1. The number of anilines is 1. The minimum atomic E-state index is -0.312. The summed E-state index contributed by atoms with van der Waals surface area (Å²) in [6, 6.07) is 9.48. The van der Waals surface area contributed by atoms with Crippen LogP contribution in [0.1, 0.15) is 24.7 Å². The number of nitrogens with zero attached hydrogens (tertiary/aromatic N) is 4. The predicted octanol–water partition coefficient (Wildman–Crippen LogP) is 1.30. The second-order valence-electron chi connectivity index (χ2n) is 6.23. The van der Waals surface area contributed by atoms with Crippen molar-refractivity contribution < 1.29 is 0 Å². The molecule has 24 heavy (non-hydrogen) atoms. The van der Waals surface area contributed by atoms with Gasteiger partial charge in [-0.1, -0.05) is 12.1 Å². The van der Waals surface area contributed by atoms with Crippen LogP contribution in [0.3, 0.4) is 0 Å². The highest BCUT2D eigenvalue weighted by atomic mass is 16.2. The first kappa shape index (κ1) is 14.7. The molecule has 1 aliphatic heterocycles. The first-order valence-corrected chi connectivity index (χ1v) is 8.04. The van der Waals surface area contributed by atoms with E-state index in [2.05, 4.69) is 9.88 Å². The minimum absolute atomic E-state index is 0.0371. The lowest BCUT2D eigenvalue weighted by atomic mass is 10.2. The third kappa shape index (κ3) is 2.16. The van der Waals surface area contributed by atoms with Crippen LogP contribution in [-0.2, 0) is 14.1 Å². The van der Waals surface area contributed by atoms with E-state index in [0.29, 0.717) is 5.82 Å². The Bertz CT molecular complexity index is 996. The van der Waals surface area contributed by atoms with Crippen LogP contribution in [0, 0.1) is 0 Å². The fraction of sp³-hybridized carbons (Fsp3) is 0.353. The molecule has 4 rings (SSSR count). The quantitative estimate of drug-likeness (QED) is 0.770. The molecule has 1 atom stereocenters. The zero-order chi connectivity index (χ0) is 16.8. The normalized spacial score (nSPS) is 17.8. The maximum absolute atomic E-state index is 12.2. The van der Waals surface area contributed by atoms with Crippen molar-refractivity contribution in [3.05, 3.63) is 57.0 Å². The molecule has 1 aromatic carbocycles. The average Bonchev–Trinajstić information content (AvgIpc) is 3.22. The van der Waals surface area contributed by atoms with E-state index in [9.17, 15) is 9.59 Å². The number of para-hydroxylation sites is 2. The molecule has 2 aromatic heterocycles. The second-order valence-corrected chi connectivity index (χ2v) is 6.23. The summed E-state index contributed by atoms with van der Waals surface area (Å²) in [6.45, 7) is 0.794. The summed E-state index contributed by atoms with van der Waals surface area (Å²) < 4.78 is 2.65. The predicted molar refractivity (Wildman–Crippen MR) is 92.3 cm³/mol. The Morgan fingerprint density at radius 3 is 2.75 bits per heavy atom. The van der Waals surface area contributed by atoms with Crippen LogP contribution in [0.5, 0.6) is 0 Å². The molecule has 7 nitrogen and oxygen atoms in total. The first-order valence-electron chi connectivity index (χ1n) is 8.04. The van der Waals surface area contributed by atoms with Crippen molar-refractivity contribution in [1.82, 2.24) is 19.1 Å². The highest BCUT2D eigenvalue weighted by molar-refractivity contribution is 5.75. The first-order chi connectivity index (χ1) is 11.6. The van der Waals surface area contributed by atoms with Crippen molar-refractivity contribution in [3.8, 4) is 0 Å². The Kier molecular flexibility index (Phi) is 3.30. The van der Waals surface area contributed by atoms with Crippen molar-refractivity contribution in [1.29, 1.82) is 0 Å². The van der Waals surface area contributed by atoms with Gasteiger partial charge in [-0.25, -0.2) is 9.78 Å². The molecule has 1 unspecified atom stereocenters. The smallest absolute Gasteiger partial charge is 0.332 e. The van der Waals surface area contributed by atoms with E-state index in [1.165, 1.54) is 17.7 Å². The molecule has 0 bridgehead atoms. The van der Waals surface area contributed by atoms with E-state index in [-0.39, 0.29) is 17.3 Å². The molecule has 0 spiro atoms. The number of nitrogens with one attached hydrogen (secondary N) is 1. The van der Waals surface area contributed by atoms with Crippen LogP contribution in [0.25, 0.3) is 11.0 Å². The number of hydrogen-bond donors (Lipinski definition) is 1. The monoisotopic (exact) mass is 325 g/mol. The van der Waals surface area contributed by atoms with Crippen molar-refractivity contribution in [2.24, 2.45) is 14.1 Å². The van der Waals surface area contributed by atoms with Gasteiger partial charge in [0.05, 0.1) is 17.1 Å². The average molecular weight is 325 g/mol. The van der Waals surface area contributed by atoms with Crippen LogP contribution in [0.15, 0.2) is 39.9 Å². The van der Waals surface area contributed by atoms with Gasteiger partial charge in [0.25, 0.3) is 5.56 Å². The minimum Gasteiger partial charge on any atom is -0.348 e. The van der Waals surface area contributed by atoms with E-state index in [1.807, 2.05) is 24.3 Å². The van der Waals surface area contributed by atoms with Crippen molar-refractivity contribution in [2.45, 2.75) is 18.9 Å². The summed E-state index contributed by atoms with van der Waals surface area (Å²) in [7, 11) is 3.19.